The molecule has 0 N–H and O–H groups in total. The van der Waals surface area contributed by atoms with E-state index in [1.807, 2.05) is 35.2 Å². The largest absolute Gasteiger partial charge is 0.359 e. The number of thiophene rings is 2. The second-order valence-corrected chi connectivity index (χ2v) is 17.9. The lowest BCUT2D eigenvalue weighted by Gasteiger charge is -2.39. The Morgan fingerprint density at radius 3 is 2.37 bits per heavy atom. The molecule has 0 spiro atoms. The van der Waals surface area contributed by atoms with Crippen LogP contribution in [0.3, 0.4) is 0 Å². The van der Waals surface area contributed by atoms with Crippen LogP contribution in [0.1, 0.15) is 24.3 Å². The van der Waals surface area contributed by atoms with Crippen LogP contribution in [0.2, 0.25) is 5.02 Å². The van der Waals surface area contributed by atoms with Gasteiger partial charge in [-0.15, -0.1) is 22.7 Å². The molecule has 2 fully saturated rings. The van der Waals surface area contributed by atoms with E-state index in [4.69, 9.17) is 21.6 Å². The normalized spacial score (nSPS) is 19.4. The van der Waals surface area contributed by atoms with Gasteiger partial charge < -0.3 is 19.6 Å². The molecule has 3 aromatic heterocycles. The summed E-state index contributed by atoms with van der Waals surface area (Å²) < 4.78 is 2.55. The number of hydrogen-bond donors (Lipinski definition) is 0. The van der Waals surface area contributed by atoms with Crippen molar-refractivity contribution in [1.29, 1.82) is 0 Å². The van der Waals surface area contributed by atoms with Crippen LogP contribution in [-0.2, 0) is 0 Å². The van der Waals surface area contributed by atoms with Crippen LogP contribution in [0.4, 0.5) is 16.5 Å². The van der Waals surface area contributed by atoms with Crippen molar-refractivity contribution in [3.8, 4) is 11.1 Å². The summed E-state index contributed by atoms with van der Waals surface area (Å²) in [4.78, 5) is 26.6. The van der Waals surface area contributed by atoms with E-state index < -0.39 is 0 Å². The molecule has 8 rings (SSSR count). The first-order valence-electron chi connectivity index (χ1n) is 17.8. The van der Waals surface area contributed by atoms with Crippen LogP contribution in [-0.4, -0.2) is 101 Å². The highest BCUT2D eigenvalue weighted by molar-refractivity contribution is 8.15. The fourth-order valence-corrected chi connectivity index (χ4v) is 10.9. The van der Waals surface area contributed by atoms with Crippen molar-refractivity contribution in [3.63, 3.8) is 0 Å². The fourth-order valence-electron chi connectivity index (χ4n) is 7.50. The van der Waals surface area contributed by atoms with Crippen molar-refractivity contribution >= 4 is 83.6 Å². The molecule has 2 aromatic carbocycles. The molecule has 12 heteroatoms. The number of halogens is 1. The predicted octanol–water partition coefficient (Wildman–Crippen LogP) is 8.36. The minimum Gasteiger partial charge on any atom is -0.359 e. The van der Waals surface area contributed by atoms with Gasteiger partial charge in [-0.25, -0.2) is 14.5 Å². The smallest absolute Gasteiger partial charge is 0.212 e. The summed E-state index contributed by atoms with van der Waals surface area (Å²) in [7, 11) is 2.25. The van der Waals surface area contributed by atoms with E-state index in [2.05, 4.69) is 117 Å². The van der Waals surface area contributed by atoms with E-state index in [-0.39, 0.29) is 4.87 Å². The molecule has 1 unspecified atom stereocenters. The number of rotatable bonds is 7. The van der Waals surface area contributed by atoms with Gasteiger partial charge in [0.25, 0.3) is 0 Å². The van der Waals surface area contributed by atoms with Crippen LogP contribution in [0.15, 0.2) is 89.5 Å². The number of benzene rings is 2. The maximum absolute atomic E-state index is 6.20. The summed E-state index contributed by atoms with van der Waals surface area (Å²) >= 11 is 11.6. The van der Waals surface area contributed by atoms with Crippen LogP contribution in [0.25, 0.3) is 21.3 Å². The first-order valence-corrected chi connectivity index (χ1v) is 20.7. The second kappa shape index (κ2) is 14.5. The van der Waals surface area contributed by atoms with E-state index in [0.29, 0.717) is 0 Å². The van der Waals surface area contributed by atoms with Gasteiger partial charge in [-0.3, -0.25) is 4.99 Å². The Labute approximate surface area is 323 Å². The second-order valence-electron chi connectivity index (χ2n) is 14.0. The summed E-state index contributed by atoms with van der Waals surface area (Å²) in [6.45, 7) is 19.4. The molecule has 2 saturated heterocycles. The van der Waals surface area contributed by atoms with Crippen molar-refractivity contribution < 1.29 is 4.58 Å². The summed E-state index contributed by atoms with van der Waals surface area (Å²) in [6.07, 6.45) is 1.70. The number of aryl methyl sites for hydroxylation is 1. The first-order chi connectivity index (χ1) is 25.2. The Hall–Kier alpha value is -3.90. The number of anilines is 3. The van der Waals surface area contributed by atoms with Gasteiger partial charge in [0.2, 0.25) is 5.71 Å². The van der Waals surface area contributed by atoms with E-state index >= 15 is 0 Å². The molecule has 6 heterocycles. The number of hydrogen-bond acceptors (Lipinski definition) is 10. The molecule has 3 aliphatic rings. The van der Waals surface area contributed by atoms with Crippen LogP contribution in [0.5, 0.6) is 0 Å². The van der Waals surface area contributed by atoms with Crippen molar-refractivity contribution in [2.45, 2.75) is 25.6 Å². The third kappa shape index (κ3) is 6.72. The number of thioether (sulfide) groups is 1. The third-order valence-corrected chi connectivity index (χ3v) is 14.1. The third-order valence-electron chi connectivity index (χ3n) is 10.4. The molecule has 5 aromatic rings. The molecule has 1 atom stereocenters. The fraction of sp³-hybridized carbons (Fsp3) is 0.350. The number of para-hydroxylation sites is 1. The molecule has 0 bridgehead atoms. The Morgan fingerprint density at radius 2 is 1.65 bits per heavy atom. The van der Waals surface area contributed by atoms with Crippen LogP contribution in [0, 0.1) is 6.92 Å². The molecule has 0 saturated carbocycles. The highest BCUT2D eigenvalue weighted by Gasteiger charge is 2.41. The number of likely N-dealkylation sites (N-methyl/N-ethyl adjacent to an activating group) is 1. The number of aliphatic imine (C=N–C) groups is 1. The zero-order valence-corrected chi connectivity index (χ0v) is 33.4. The predicted molar refractivity (Wildman–Crippen MR) is 225 cm³/mol. The summed E-state index contributed by atoms with van der Waals surface area (Å²) in [5.74, 6) is 1.01. The minimum atomic E-state index is -0.201. The lowest BCUT2D eigenvalue weighted by Crippen LogP contribution is -2.49. The van der Waals surface area contributed by atoms with Gasteiger partial charge in [0, 0.05) is 65.3 Å². The van der Waals surface area contributed by atoms with E-state index in [0.717, 1.165) is 102 Å². The summed E-state index contributed by atoms with van der Waals surface area (Å²) in [5.41, 5.74) is 7.26. The minimum absolute atomic E-state index is 0.201. The molecule has 268 valence electrons. The molecule has 8 nitrogen and oxygen atoms in total. The van der Waals surface area contributed by atoms with Gasteiger partial charge in [0.05, 0.1) is 30.6 Å². The quantitative estimate of drug-likeness (QED) is 0.154. The standard InChI is InChI=1S/C40H44ClN8S3/c1-27(2)35(47-17-15-46(16-18-47)31-9-7-6-8-10-31)32-23-28(3)51-38(32)45(5)40(4)25-42-39(52-40)49-21-19-48(20-22-49)36-34-33(24-50-37(34)44-26-43-36)29-11-13-30(41)14-12-29/h6-14,23-24,26H,1,15-22,25H2,2-5H3/q+1. The Bertz CT molecular complexity index is 2160. The van der Waals surface area contributed by atoms with Gasteiger partial charge in [-0.05, 0) is 56.7 Å². The molecule has 3 aliphatic heterocycles. The van der Waals surface area contributed by atoms with Crippen LogP contribution >= 0.6 is 46.0 Å². The number of piperazine rings is 2. The molecule has 0 amide bonds. The lowest BCUT2D eigenvalue weighted by molar-refractivity contribution is -0.528. The SMILES string of the molecule is C=C(C)C(c1cc(C)sc1N(C)C1(C)CN=C(N2CCN(c3ncnc4scc(-c5ccc(Cl)cc5)c34)CC2)S1)=[N+]1CCN(c2ccccc2)CC1. The molecule has 0 radical (unpaired) electrons. The highest BCUT2D eigenvalue weighted by atomic mass is 35.5. The van der Waals surface area contributed by atoms with Gasteiger partial charge in [0.1, 0.15) is 26.8 Å². The van der Waals surface area contributed by atoms with E-state index in [1.165, 1.54) is 26.8 Å². The monoisotopic (exact) mass is 767 g/mol. The summed E-state index contributed by atoms with van der Waals surface area (Å²) in [6, 6.07) is 21.2. The van der Waals surface area contributed by atoms with Crippen LogP contribution < -0.4 is 14.7 Å². The van der Waals surface area contributed by atoms with Crippen molar-refractivity contribution in [3.05, 3.63) is 100.0 Å². The van der Waals surface area contributed by atoms with E-state index in [1.54, 1.807) is 17.7 Å². The first kappa shape index (κ1) is 35.1. The van der Waals surface area contributed by atoms with Gasteiger partial charge in [-0.2, -0.15) is 0 Å². The van der Waals surface area contributed by atoms with Crippen molar-refractivity contribution in [2.75, 3.05) is 80.7 Å². The van der Waals surface area contributed by atoms with Crippen molar-refractivity contribution in [2.24, 2.45) is 4.99 Å². The average molecular weight is 769 g/mol. The molecular formula is C40H44ClN8S3+. The molecule has 0 aliphatic carbocycles. The molecule has 52 heavy (non-hydrogen) atoms. The Balaban J connectivity index is 0.966. The van der Waals surface area contributed by atoms with E-state index in [9.17, 15) is 0 Å². The number of allylic oxidation sites excluding steroid dienone is 1. The van der Waals surface area contributed by atoms with Gasteiger partial charge in [-0.1, -0.05) is 60.3 Å². The zero-order chi connectivity index (χ0) is 36.0. The average Bonchev–Trinajstić information content (AvgIpc) is 3.89. The number of nitrogens with zero attached hydrogens (tertiary/aromatic N) is 8. The zero-order valence-electron chi connectivity index (χ0n) is 30.2. The Morgan fingerprint density at radius 1 is 0.942 bits per heavy atom. The highest BCUT2D eigenvalue weighted by Crippen LogP contribution is 2.44. The summed E-state index contributed by atoms with van der Waals surface area (Å²) in [5, 5.41) is 6.47. The number of aromatic nitrogens is 2. The van der Waals surface area contributed by atoms with Crippen molar-refractivity contribution in [1.82, 2.24) is 14.9 Å². The lowest BCUT2D eigenvalue weighted by atomic mass is 10.0. The Kier molecular flexibility index (Phi) is 9.80. The maximum Gasteiger partial charge on any atom is 0.212 e. The van der Waals surface area contributed by atoms with Gasteiger partial charge >= 0.3 is 0 Å². The molecular weight excluding hydrogens is 724 g/mol. The maximum atomic E-state index is 6.20. The van der Waals surface area contributed by atoms with Gasteiger partial charge in [0.15, 0.2) is 18.3 Å². The topological polar surface area (TPSA) is 54.1 Å². The number of fused-ring (bicyclic) bond motifs is 1. The number of amidine groups is 1.